The molecule has 0 aliphatic rings. The van der Waals surface area contributed by atoms with Gasteiger partial charge in [-0.3, -0.25) is 0 Å². The van der Waals surface area contributed by atoms with Gasteiger partial charge in [-0.1, -0.05) is 55.8 Å². The van der Waals surface area contributed by atoms with Crippen LogP contribution in [-0.4, -0.2) is 26.5 Å². The lowest BCUT2D eigenvalue weighted by molar-refractivity contribution is 0.0697. The highest BCUT2D eigenvalue weighted by atomic mass is 16.4. The van der Waals surface area contributed by atoms with Crippen molar-refractivity contribution in [3.05, 3.63) is 71.0 Å². The number of carboxylic acids is 1. The summed E-state index contributed by atoms with van der Waals surface area (Å²) in [6.45, 7) is 2.16. The quantitative estimate of drug-likeness (QED) is 0.681. The van der Waals surface area contributed by atoms with Gasteiger partial charge in [0.15, 0.2) is 0 Å². The van der Waals surface area contributed by atoms with Crippen LogP contribution in [0.2, 0.25) is 0 Å². The highest BCUT2D eigenvalue weighted by molar-refractivity contribution is 5.95. The van der Waals surface area contributed by atoms with E-state index >= 15 is 0 Å². The van der Waals surface area contributed by atoms with Crippen molar-refractivity contribution >= 4 is 5.97 Å². The lowest BCUT2D eigenvalue weighted by Crippen LogP contribution is -1.99. The van der Waals surface area contributed by atoms with Crippen LogP contribution in [0.5, 0.6) is 0 Å². The summed E-state index contributed by atoms with van der Waals surface area (Å²) >= 11 is 0. The molecule has 3 aromatic rings. The van der Waals surface area contributed by atoms with Crippen molar-refractivity contribution in [1.82, 2.24) is 15.4 Å². The van der Waals surface area contributed by atoms with Crippen LogP contribution in [0.4, 0.5) is 0 Å². The Morgan fingerprint density at radius 3 is 2.48 bits per heavy atom. The highest BCUT2D eigenvalue weighted by Gasteiger charge is 2.12. The number of unbranched alkanes of at least 4 members (excludes halogenated alkanes) is 1. The van der Waals surface area contributed by atoms with Crippen molar-refractivity contribution in [1.29, 1.82) is 0 Å². The Morgan fingerprint density at radius 1 is 1.04 bits per heavy atom. The SMILES string of the molecule is CCCCc1n[nH]nc1Cc1ccc(-c2ccccc2C(=O)O)cc1. The van der Waals surface area contributed by atoms with Gasteiger partial charge in [0.1, 0.15) is 0 Å². The fraction of sp³-hybridized carbons (Fsp3) is 0.250. The smallest absolute Gasteiger partial charge is 0.336 e. The molecule has 128 valence electrons. The fourth-order valence-corrected chi connectivity index (χ4v) is 2.88. The van der Waals surface area contributed by atoms with Crippen LogP contribution in [0, 0.1) is 0 Å². The maximum absolute atomic E-state index is 11.4. The third kappa shape index (κ3) is 3.94. The second-order valence-electron chi connectivity index (χ2n) is 6.04. The number of aromatic carboxylic acids is 1. The molecule has 0 saturated heterocycles. The van der Waals surface area contributed by atoms with Crippen LogP contribution >= 0.6 is 0 Å². The molecule has 3 rings (SSSR count). The van der Waals surface area contributed by atoms with Crippen molar-refractivity contribution < 1.29 is 9.90 Å². The van der Waals surface area contributed by atoms with Gasteiger partial charge in [0.05, 0.1) is 17.0 Å². The van der Waals surface area contributed by atoms with E-state index in [1.54, 1.807) is 12.1 Å². The van der Waals surface area contributed by atoms with Crippen LogP contribution in [0.1, 0.15) is 47.1 Å². The maximum atomic E-state index is 11.4. The fourth-order valence-electron chi connectivity index (χ4n) is 2.88. The summed E-state index contributed by atoms with van der Waals surface area (Å²) < 4.78 is 0. The Labute approximate surface area is 146 Å². The Kier molecular flexibility index (Phi) is 5.23. The van der Waals surface area contributed by atoms with Crippen LogP contribution in [-0.2, 0) is 12.8 Å². The first kappa shape index (κ1) is 16.9. The summed E-state index contributed by atoms with van der Waals surface area (Å²) in [7, 11) is 0. The van der Waals surface area contributed by atoms with Crippen molar-refractivity contribution in [2.24, 2.45) is 0 Å². The molecule has 0 atom stereocenters. The first-order valence-corrected chi connectivity index (χ1v) is 8.49. The predicted molar refractivity (Wildman–Crippen MR) is 96.6 cm³/mol. The number of hydrogen-bond acceptors (Lipinski definition) is 3. The first-order valence-electron chi connectivity index (χ1n) is 8.49. The summed E-state index contributed by atoms with van der Waals surface area (Å²) in [5.41, 5.74) is 5.07. The second-order valence-corrected chi connectivity index (χ2v) is 6.04. The van der Waals surface area contributed by atoms with Crippen LogP contribution in [0.25, 0.3) is 11.1 Å². The van der Waals surface area contributed by atoms with E-state index in [4.69, 9.17) is 0 Å². The molecule has 0 spiro atoms. The number of aryl methyl sites for hydroxylation is 1. The monoisotopic (exact) mass is 335 g/mol. The van der Waals surface area contributed by atoms with E-state index in [2.05, 4.69) is 22.3 Å². The minimum absolute atomic E-state index is 0.314. The Balaban J connectivity index is 1.80. The van der Waals surface area contributed by atoms with Crippen molar-refractivity contribution in [3.8, 4) is 11.1 Å². The molecule has 25 heavy (non-hydrogen) atoms. The Morgan fingerprint density at radius 2 is 1.76 bits per heavy atom. The molecule has 2 N–H and O–H groups in total. The predicted octanol–water partition coefficient (Wildman–Crippen LogP) is 4.10. The first-order chi connectivity index (χ1) is 12.2. The van der Waals surface area contributed by atoms with E-state index in [9.17, 15) is 9.90 Å². The Bertz CT molecular complexity index is 853. The number of nitrogens with one attached hydrogen (secondary N) is 1. The van der Waals surface area contributed by atoms with E-state index < -0.39 is 5.97 Å². The summed E-state index contributed by atoms with van der Waals surface area (Å²) in [6.07, 6.45) is 3.89. The summed E-state index contributed by atoms with van der Waals surface area (Å²) in [6, 6.07) is 15.0. The van der Waals surface area contributed by atoms with E-state index in [1.165, 1.54) is 0 Å². The van der Waals surface area contributed by atoms with Gasteiger partial charge in [0, 0.05) is 6.42 Å². The second kappa shape index (κ2) is 7.75. The maximum Gasteiger partial charge on any atom is 0.336 e. The van der Waals surface area contributed by atoms with Crippen molar-refractivity contribution in [2.75, 3.05) is 0 Å². The van der Waals surface area contributed by atoms with Gasteiger partial charge in [-0.05, 0) is 35.6 Å². The van der Waals surface area contributed by atoms with Crippen molar-refractivity contribution in [3.63, 3.8) is 0 Å². The minimum Gasteiger partial charge on any atom is -0.478 e. The molecule has 0 fully saturated rings. The summed E-state index contributed by atoms with van der Waals surface area (Å²) in [5, 5.41) is 20.6. The van der Waals surface area contributed by atoms with Gasteiger partial charge in [-0.15, -0.1) is 0 Å². The zero-order valence-corrected chi connectivity index (χ0v) is 14.2. The summed E-state index contributed by atoms with van der Waals surface area (Å²) in [5.74, 6) is -0.914. The number of aromatic nitrogens is 3. The Hall–Kier alpha value is -2.95. The third-order valence-corrected chi connectivity index (χ3v) is 4.26. The molecule has 1 aromatic heterocycles. The third-order valence-electron chi connectivity index (χ3n) is 4.26. The number of hydrogen-bond donors (Lipinski definition) is 2. The standard InChI is InChI=1S/C20H21N3O2/c1-2-3-8-18-19(22-23-21-18)13-14-9-11-15(12-10-14)16-6-4-5-7-17(16)20(24)25/h4-7,9-12H,2-3,8,13H2,1H3,(H,24,25)(H,21,22,23). The van der Waals surface area contributed by atoms with Gasteiger partial charge in [0.25, 0.3) is 0 Å². The zero-order valence-electron chi connectivity index (χ0n) is 14.2. The number of benzene rings is 2. The molecule has 0 saturated carbocycles. The molecule has 2 aromatic carbocycles. The molecule has 0 amide bonds. The highest BCUT2D eigenvalue weighted by Crippen LogP contribution is 2.24. The van der Waals surface area contributed by atoms with E-state index in [0.717, 1.165) is 53.8 Å². The number of nitrogens with zero attached hydrogens (tertiary/aromatic N) is 2. The largest absolute Gasteiger partial charge is 0.478 e. The number of carbonyl (C=O) groups is 1. The average Bonchev–Trinajstić information content (AvgIpc) is 3.07. The van der Waals surface area contributed by atoms with Crippen LogP contribution in [0.3, 0.4) is 0 Å². The van der Waals surface area contributed by atoms with Gasteiger partial charge >= 0.3 is 5.97 Å². The summed E-state index contributed by atoms with van der Waals surface area (Å²) in [4.78, 5) is 11.4. The van der Waals surface area contributed by atoms with E-state index in [-0.39, 0.29) is 0 Å². The van der Waals surface area contributed by atoms with Crippen LogP contribution < -0.4 is 0 Å². The van der Waals surface area contributed by atoms with Gasteiger partial charge in [-0.2, -0.15) is 15.4 Å². The molecular formula is C20H21N3O2. The molecule has 0 bridgehead atoms. The van der Waals surface area contributed by atoms with E-state index in [0.29, 0.717) is 5.56 Å². The lowest BCUT2D eigenvalue weighted by atomic mass is 9.97. The van der Waals surface area contributed by atoms with Gasteiger partial charge in [-0.25, -0.2) is 4.79 Å². The molecule has 0 aliphatic heterocycles. The molecule has 0 unspecified atom stereocenters. The topological polar surface area (TPSA) is 78.9 Å². The molecule has 5 nitrogen and oxygen atoms in total. The molecule has 0 radical (unpaired) electrons. The normalized spacial score (nSPS) is 10.8. The molecule has 1 heterocycles. The van der Waals surface area contributed by atoms with Gasteiger partial charge < -0.3 is 5.11 Å². The zero-order chi connectivity index (χ0) is 17.6. The van der Waals surface area contributed by atoms with Crippen LogP contribution in [0.15, 0.2) is 48.5 Å². The number of carboxylic acid groups (broad SMARTS) is 1. The molecule has 5 heteroatoms. The number of rotatable bonds is 7. The molecular weight excluding hydrogens is 314 g/mol. The minimum atomic E-state index is -0.914. The average molecular weight is 335 g/mol. The van der Waals surface area contributed by atoms with Crippen molar-refractivity contribution in [2.45, 2.75) is 32.6 Å². The van der Waals surface area contributed by atoms with E-state index in [1.807, 2.05) is 36.4 Å². The molecule has 0 aliphatic carbocycles. The number of aromatic amines is 1. The number of H-pyrrole nitrogens is 1. The lowest BCUT2D eigenvalue weighted by Gasteiger charge is -2.07. The van der Waals surface area contributed by atoms with Gasteiger partial charge in [0.2, 0.25) is 0 Å².